The van der Waals surface area contributed by atoms with Gasteiger partial charge in [0.05, 0.1) is 12.7 Å². The molecule has 0 spiro atoms. The highest BCUT2D eigenvalue weighted by Gasteiger charge is 2.10. The second kappa shape index (κ2) is 7.30. The normalized spacial score (nSPS) is 12.8. The van der Waals surface area contributed by atoms with Gasteiger partial charge in [-0.1, -0.05) is 12.1 Å². The highest BCUT2D eigenvalue weighted by molar-refractivity contribution is 5.29. The first-order chi connectivity index (χ1) is 8.17. The minimum atomic E-state index is 0.216. The van der Waals surface area contributed by atoms with Crippen molar-refractivity contribution in [2.24, 2.45) is 0 Å². The lowest BCUT2D eigenvalue weighted by atomic mass is 10.00. The highest BCUT2D eigenvalue weighted by Crippen LogP contribution is 2.20. The zero-order chi connectivity index (χ0) is 12.7. The van der Waals surface area contributed by atoms with Crippen LogP contribution in [0.3, 0.4) is 0 Å². The van der Waals surface area contributed by atoms with Gasteiger partial charge in [-0.05, 0) is 38.6 Å². The fourth-order valence-electron chi connectivity index (χ4n) is 1.81. The predicted octanol–water partition coefficient (Wildman–Crippen LogP) is 2.42. The molecule has 1 aromatic rings. The Hall–Kier alpha value is -1.06. The van der Waals surface area contributed by atoms with E-state index in [0.29, 0.717) is 5.92 Å². The van der Waals surface area contributed by atoms with Gasteiger partial charge >= 0.3 is 0 Å². The van der Waals surface area contributed by atoms with Crippen LogP contribution in [0.2, 0.25) is 0 Å². The van der Waals surface area contributed by atoms with Crippen molar-refractivity contribution >= 4 is 0 Å². The Balaban J connectivity index is 2.69. The van der Waals surface area contributed by atoms with Crippen LogP contribution in [0, 0.1) is 0 Å². The maximum absolute atomic E-state index is 5.62. The largest absolute Gasteiger partial charge is 0.491 e. The molecule has 0 saturated heterocycles. The van der Waals surface area contributed by atoms with E-state index in [1.54, 1.807) is 7.11 Å². The van der Waals surface area contributed by atoms with E-state index in [0.717, 1.165) is 18.9 Å². The Morgan fingerprint density at radius 3 is 2.29 bits per heavy atom. The minimum absolute atomic E-state index is 0.216. The molecule has 1 N–H and O–H groups in total. The highest BCUT2D eigenvalue weighted by atomic mass is 16.5. The van der Waals surface area contributed by atoms with Gasteiger partial charge in [-0.15, -0.1) is 0 Å². The van der Waals surface area contributed by atoms with E-state index in [9.17, 15) is 0 Å². The van der Waals surface area contributed by atoms with Crippen molar-refractivity contribution in [1.82, 2.24) is 5.32 Å². The van der Waals surface area contributed by atoms with Gasteiger partial charge in [-0.25, -0.2) is 0 Å². The molecule has 0 amide bonds. The molecule has 0 aliphatic rings. The van der Waals surface area contributed by atoms with E-state index in [1.807, 2.05) is 33.0 Å². The topological polar surface area (TPSA) is 30.5 Å². The van der Waals surface area contributed by atoms with Crippen LogP contribution < -0.4 is 10.1 Å². The van der Waals surface area contributed by atoms with E-state index < -0.39 is 0 Å². The molecule has 0 fully saturated rings. The van der Waals surface area contributed by atoms with Crippen LogP contribution in [-0.2, 0) is 4.74 Å². The predicted molar refractivity (Wildman–Crippen MR) is 70.7 cm³/mol. The van der Waals surface area contributed by atoms with Gasteiger partial charge in [-0.2, -0.15) is 0 Å². The first-order valence-electron chi connectivity index (χ1n) is 6.07. The van der Waals surface area contributed by atoms with Crippen LogP contribution in [0.25, 0.3) is 0 Å². The van der Waals surface area contributed by atoms with Crippen LogP contribution in [-0.4, -0.2) is 33.4 Å². The summed E-state index contributed by atoms with van der Waals surface area (Å²) in [4.78, 5) is 0. The lowest BCUT2D eigenvalue weighted by Gasteiger charge is -2.17. The molecule has 0 bridgehead atoms. The van der Waals surface area contributed by atoms with Crippen LogP contribution >= 0.6 is 0 Å². The third-order valence-corrected chi connectivity index (χ3v) is 2.54. The van der Waals surface area contributed by atoms with Gasteiger partial charge in [0.15, 0.2) is 0 Å². The number of hydrogen-bond donors (Lipinski definition) is 1. The number of rotatable bonds is 7. The molecule has 0 aliphatic carbocycles. The number of nitrogens with one attached hydrogen (secondary N) is 1. The molecule has 0 saturated carbocycles. The summed E-state index contributed by atoms with van der Waals surface area (Å²) in [6, 6.07) is 8.26. The Morgan fingerprint density at radius 1 is 1.18 bits per heavy atom. The lowest BCUT2D eigenvalue weighted by Crippen LogP contribution is -2.20. The molecule has 1 rings (SSSR count). The van der Waals surface area contributed by atoms with Crippen molar-refractivity contribution in [3.8, 4) is 5.75 Å². The first kappa shape index (κ1) is 14.0. The number of methoxy groups -OCH3 is 1. The third-order valence-electron chi connectivity index (χ3n) is 2.54. The Kier molecular flexibility index (Phi) is 6.01. The maximum atomic E-state index is 5.62. The summed E-state index contributed by atoms with van der Waals surface area (Å²) >= 11 is 0. The van der Waals surface area contributed by atoms with E-state index in [4.69, 9.17) is 9.47 Å². The number of likely N-dealkylation sites (N-methyl/N-ethyl adjacent to an activating group) is 1. The van der Waals surface area contributed by atoms with Gasteiger partial charge in [0.2, 0.25) is 0 Å². The van der Waals surface area contributed by atoms with Crippen LogP contribution in [0.1, 0.15) is 25.3 Å². The molecule has 17 heavy (non-hydrogen) atoms. The van der Waals surface area contributed by atoms with Crippen LogP contribution in [0.15, 0.2) is 24.3 Å². The van der Waals surface area contributed by atoms with Crippen molar-refractivity contribution in [2.45, 2.75) is 25.9 Å². The summed E-state index contributed by atoms with van der Waals surface area (Å²) in [7, 11) is 3.69. The zero-order valence-corrected chi connectivity index (χ0v) is 11.2. The molecule has 3 nitrogen and oxygen atoms in total. The summed E-state index contributed by atoms with van der Waals surface area (Å²) < 4.78 is 10.9. The minimum Gasteiger partial charge on any atom is -0.491 e. The summed E-state index contributed by atoms with van der Waals surface area (Å²) in [5.74, 6) is 1.31. The van der Waals surface area contributed by atoms with E-state index in [2.05, 4.69) is 17.4 Å². The molecule has 1 atom stereocenters. The van der Waals surface area contributed by atoms with E-state index in [1.165, 1.54) is 5.56 Å². The standard InChI is InChI=1S/C14H23NO2/c1-11(2)17-14-7-5-12(6-8-14)13(9-15-3)10-16-4/h5-8,11,13,15H,9-10H2,1-4H3. The lowest BCUT2D eigenvalue weighted by molar-refractivity contribution is 0.178. The SMILES string of the molecule is CNCC(COC)c1ccc(OC(C)C)cc1. The second-order valence-electron chi connectivity index (χ2n) is 4.45. The van der Waals surface area contributed by atoms with Gasteiger partial charge in [-0.3, -0.25) is 0 Å². The van der Waals surface area contributed by atoms with Gasteiger partial charge in [0.25, 0.3) is 0 Å². The summed E-state index contributed by atoms with van der Waals surface area (Å²) in [6.07, 6.45) is 0.216. The number of hydrogen-bond acceptors (Lipinski definition) is 3. The third kappa shape index (κ3) is 4.75. The average Bonchev–Trinajstić information content (AvgIpc) is 2.29. The van der Waals surface area contributed by atoms with Crippen molar-refractivity contribution in [3.63, 3.8) is 0 Å². The van der Waals surface area contributed by atoms with Crippen molar-refractivity contribution in [3.05, 3.63) is 29.8 Å². The molecule has 1 aromatic carbocycles. The van der Waals surface area contributed by atoms with Crippen LogP contribution in [0.5, 0.6) is 5.75 Å². The molecule has 1 unspecified atom stereocenters. The number of ether oxygens (including phenoxy) is 2. The molecular formula is C14H23NO2. The second-order valence-corrected chi connectivity index (χ2v) is 4.45. The number of benzene rings is 1. The van der Waals surface area contributed by atoms with Crippen LogP contribution in [0.4, 0.5) is 0 Å². The van der Waals surface area contributed by atoms with Crippen molar-refractivity contribution in [2.75, 3.05) is 27.3 Å². The molecule has 0 aromatic heterocycles. The smallest absolute Gasteiger partial charge is 0.119 e. The summed E-state index contributed by atoms with van der Waals surface area (Å²) in [6.45, 7) is 5.70. The Labute approximate surface area is 104 Å². The molecule has 96 valence electrons. The van der Waals surface area contributed by atoms with Crippen molar-refractivity contribution < 1.29 is 9.47 Å². The fourth-order valence-corrected chi connectivity index (χ4v) is 1.81. The Morgan fingerprint density at radius 2 is 1.82 bits per heavy atom. The van der Waals surface area contributed by atoms with Gasteiger partial charge < -0.3 is 14.8 Å². The molecule has 0 heterocycles. The molecule has 3 heteroatoms. The zero-order valence-electron chi connectivity index (χ0n) is 11.2. The summed E-state index contributed by atoms with van der Waals surface area (Å²) in [5, 5.41) is 3.19. The molecule has 0 radical (unpaired) electrons. The average molecular weight is 237 g/mol. The quantitative estimate of drug-likeness (QED) is 0.790. The monoisotopic (exact) mass is 237 g/mol. The fraction of sp³-hybridized carbons (Fsp3) is 0.571. The first-order valence-corrected chi connectivity index (χ1v) is 6.07. The Bertz CT molecular complexity index is 303. The maximum Gasteiger partial charge on any atom is 0.119 e. The van der Waals surface area contributed by atoms with E-state index >= 15 is 0 Å². The van der Waals surface area contributed by atoms with Crippen molar-refractivity contribution in [1.29, 1.82) is 0 Å². The van der Waals surface area contributed by atoms with Gasteiger partial charge in [0.1, 0.15) is 5.75 Å². The summed E-state index contributed by atoms with van der Waals surface area (Å²) in [5.41, 5.74) is 1.28. The molecule has 0 aliphatic heterocycles. The molecular weight excluding hydrogens is 214 g/mol. The van der Waals surface area contributed by atoms with Gasteiger partial charge in [0, 0.05) is 19.6 Å². The van der Waals surface area contributed by atoms with E-state index in [-0.39, 0.29) is 6.10 Å².